The lowest BCUT2D eigenvalue weighted by atomic mass is 10.1. The van der Waals surface area contributed by atoms with E-state index in [2.05, 4.69) is 20.4 Å². The molecule has 0 spiro atoms. The van der Waals surface area contributed by atoms with Gasteiger partial charge in [0.05, 0.1) is 23.9 Å². The van der Waals surface area contributed by atoms with Gasteiger partial charge in [-0.1, -0.05) is 18.2 Å². The van der Waals surface area contributed by atoms with E-state index in [0.717, 1.165) is 6.07 Å². The largest absolute Gasteiger partial charge is 0.497 e. The van der Waals surface area contributed by atoms with Gasteiger partial charge in [-0.3, -0.25) is 0 Å². The third kappa shape index (κ3) is 4.21. The van der Waals surface area contributed by atoms with E-state index < -0.39 is 11.6 Å². The summed E-state index contributed by atoms with van der Waals surface area (Å²) in [5.74, 6) is -1.57. The predicted molar refractivity (Wildman–Crippen MR) is 127 cm³/mol. The molecule has 10 heteroatoms. The van der Waals surface area contributed by atoms with Crippen LogP contribution in [0.15, 0.2) is 66.7 Å². The topological polar surface area (TPSA) is 90.9 Å². The zero-order valence-electron chi connectivity index (χ0n) is 18.5. The molecule has 0 radical (unpaired) electrons. The summed E-state index contributed by atoms with van der Waals surface area (Å²) in [5.41, 5.74) is 7.83. The van der Waals surface area contributed by atoms with E-state index in [-0.39, 0.29) is 46.4 Å². The summed E-state index contributed by atoms with van der Waals surface area (Å²) >= 11 is 0. The summed E-state index contributed by atoms with van der Waals surface area (Å²) < 4.78 is 49.1. The number of methoxy groups -OCH3 is 1. The van der Waals surface area contributed by atoms with Crippen LogP contribution in [0.3, 0.4) is 0 Å². The normalized spacial score (nSPS) is 11.1. The van der Waals surface area contributed by atoms with Crippen LogP contribution in [0.4, 0.5) is 24.9 Å². The van der Waals surface area contributed by atoms with Gasteiger partial charge in [-0.25, -0.2) is 22.8 Å². The van der Waals surface area contributed by atoms with E-state index in [1.165, 1.54) is 28.9 Å². The lowest BCUT2D eigenvalue weighted by Gasteiger charge is -2.10. The van der Waals surface area contributed by atoms with Gasteiger partial charge in [0.1, 0.15) is 17.4 Å². The number of hydrogen-bond donors (Lipinski definition) is 2. The third-order valence-electron chi connectivity index (χ3n) is 5.43. The van der Waals surface area contributed by atoms with Gasteiger partial charge in [-0.05, 0) is 54.1 Å². The molecule has 0 amide bonds. The van der Waals surface area contributed by atoms with E-state index in [0.29, 0.717) is 17.0 Å². The second-order valence-corrected chi connectivity index (χ2v) is 7.67. The SMILES string of the molecule is COc1ccc(-n2nc3nc(NCc4cccc(F)c4)nc(-c4cccc(F)c4F)c3c2N)cc1. The first-order valence-electron chi connectivity index (χ1n) is 10.6. The van der Waals surface area contributed by atoms with Crippen molar-refractivity contribution in [2.45, 2.75) is 6.54 Å². The van der Waals surface area contributed by atoms with Crippen molar-refractivity contribution in [3.05, 3.63) is 89.7 Å². The highest BCUT2D eigenvalue weighted by molar-refractivity contribution is 5.99. The van der Waals surface area contributed by atoms with Gasteiger partial charge in [-0.2, -0.15) is 4.98 Å². The summed E-state index contributed by atoms with van der Waals surface area (Å²) in [6.45, 7) is 0.197. The lowest BCUT2D eigenvalue weighted by molar-refractivity contribution is 0.414. The number of aromatic nitrogens is 4. The van der Waals surface area contributed by atoms with Crippen LogP contribution in [0, 0.1) is 17.5 Å². The van der Waals surface area contributed by atoms with Crippen molar-refractivity contribution in [1.29, 1.82) is 0 Å². The van der Waals surface area contributed by atoms with Crippen LogP contribution < -0.4 is 15.8 Å². The molecular weight excluding hydrogens is 457 g/mol. The number of hydrogen-bond acceptors (Lipinski definition) is 6. The van der Waals surface area contributed by atoms with Crippen molar-refractivity contribution in [2.75, 3.05) is 18.2 Å². The molecular formula is C25H19F3N6O. The molecule has 5 aromatic rings. The fraction of sp³-hybridized carbons (Fsp3) is 0.0800. The molecule has 0 saturated heterocycles. The number of fused-ring (bicyclic) bond motifs is 1. The summed E-state index contributed by atoms with van der Waals surface area (Å²) in [6.07, 6.45) is 0. The summed E-state index contributed by atoms with van der Waals surface area (Å²) in [7, 11) is 1.55. The zero-order valence-corrected chi connectivity index (χ0v) is 18.5. The van der Waals surface area contributed by atoms with Crippen molar-refractivity contribution in [2.24, 2.45) is 0 Å². The third-order valence-corrected chi connectivity index (χ3v) is 5.43. The number of nitrogens with zero attached hydrogens (tertiary/aromatic N) is 4. The van der Waals surface area contributed by atoms with Crippen LogP contribution in [-0.4, -0.2) is 26.9 Å². The molecule has 3 aromatic carbocycles. The Hall–Kier alpha value is -4.60. The molecule has 0 aliphatic heterocycles. The number of nitrogens with two attached hydrogens (primary N) is 1. The van der Waals surface area contributed by atoms with Gasteiger partial charge >= 0.3 is 0 Å². The fourth-order valence-electron chi connectivity index (χ4n) is 3.72. The predicted octanol–water partition coefficient (Wildman–Crippen LogP) is 5.10. The number of anilines is 2. The van der Waals surface area contributed by atoms with Crippen LogP contribution in [0.5, 0.6) is 5.75 Å². The average molecular weight is 476 g/mol. The van der Waals surface area contributed by atoms with Gasteiger partial charge in [0.15, 0.2) is 17.3 Å². The lowest BCUT2D eigenvalue weighted by Crippen LogP contribution is -2.06. The first-order valence-corrected chi connectivity index (χ1v) is 10.6. The van der Waals surface area contributed by atoms with Crippen molar-refractivity contribution in [3.8, 4) is 22.7 Å². The van der Waals surface area contributed by atoms with E-state index in [1.54, 1.807) is 43.5 Å². The van der Waals surface area contributed by atoms with Crippen LogP contribution in [-0.2, 0) is 6.54 Å². The molecule has 35 heavy (non-hydrogen) atoms. The molecule has 0 aliphatic rings. The van der Waals surface area contributed by atoms with E-state index >= 15 is 0 Å². The first kappa shape index (κ1) is 22.2. The summed E-state index contributed by atoms with van der Waals surface area (Å²) in [4.78, 5) is 8.85. The van der Waals surface area contributed by atoms with Crippen LogP contribution >= 0.6 is 0 Å². The van der Waals surface area contributed by atoms with Crippen molar-refractivity contribution in [3.63, 3.8) is 0 Å². The van der Waals surface area contributed by atoms with E-state index in [9.17, 15) is 13.2 Å². The average Bonchev–Trinajstić information content (AvgIpc) is 3.20. The molecule has 3 N–H and O–H groups in total. The minimum absolute atomic E-state index is 0.0750. The molecule has 0 bridgehead atoms. The summed E-state index contributed by atoms with van der Waals surface area (Å²) in [5, 5.41) is 7.75. The maximum absolute atomic E-state index is 14.8. The second kappa shape index (κ2) is 8.98. The monoisotopic (exact) mass is 476 g/mol. The molecule has 5 rings (SSSR count). The standard InChI is InChI=1S/C25H19F3N6O/c1-35-17-10-8-16(9-11-17)34-23(29)20-22(18-6-3-7-19(27)21(18)28)31-25(32-24(20)33-34)30-13-14-4-2-5-15(26)12-14/h2-12H,13,29H2,1H3,(H,30,32,33). The Labute approximate surface area is 198 Å². The van der Waals surface area contributed by atoms with Gasteiger partial charge in [-0.15, -0.1) is 5.10 Å². The number of benzene rings is 3. The Kier molecular flexibility index (Phi) is 5.69. The molecule has 0 fully saturated rings. The highest BCUT2D eigenvalue weighted by atomic mass is 19.2. The number of nitrogens with one attached hydrogen (secondary N) is 1. The number of rotatable bonds is 6. The molecule has 0 unspecified atom stereocenters. The summed E-state index contributed by atoms with van der Waals surface area (Å²) in [6, 6.07) is 16.8. The van der Waals surface area contributed by atoms with Gasteiger partial charge in [0, 0.05) is 12.1 Å². The fourth-order valence-corrected chi connectivity index (χ4v) is 3.72. The van der Waals surface area contributed by atoms with Crippen molar-refractivity contribution >= 4 is 22.8 Å². The Morgan fingerprint density at radius 3 is 2.49 bits per heavy atom. The van der Waals surface area contributed by atoms with E-state index in [4.69, 9.17) is 10.5 Å². The van der Waals surface area contributed by atoms with Gasteiger partial charge in [0.25, 0.3) is 0 Å². The Balaban J connectivity index is 1.65. The minimum atomic E-state index is -1.07. The van der Waals surface area contributed by atoms with E-state index in [1.807, 2.05) is 0 Å². The number of nitrogen functional groups attached to an aromatic ring is 1. The number of ether oxygens (including phenoxy) is 1. The van der Waals surface area contributed by atoms with Gasteiger partial charge in [0.2, 0.25) is 5.95 Å². The van der Waals surface area contributed by atoms with Crippen molar-refractivity contribution in [1.82, 2.24) is 19.7 Å². The van der Waals surface area contributed by atoms with Crippen LogP contribution in [0.25, 0.3) is 28.0 Å². The Morgan fingerprint density at radius 2 is 1.74 bits per heavy atom. The molecule has 0 saturated carbocycles. The quantitative estimate of drug-likeness (QED) is 0.354. The molecule has 0 aliphatic carbocycles. The molecule has 0 atom stereocenters. The van der Waals surface area contributed by atoms with Crippen molar-refractivity contribution < 1.29 is 17.9 Å². The molecule has 176 valence electrons. The number of halogens is 3. The highest BCUT2D eigenvalue weighted by Crippen LogP contribution is 2.34. The maximum Gasteiger partial charge on any atom is 0.225 e. The molecule has 2 heterocycles. The smallest absolute Gasteiger partial charge is 0.225 e. The minimum Gasteiger partial charge on any atom is -0.497 e. The Morgan fingerprint density at radius 1 is 0.971 bits per heavy atom. The Bertz CT molecular complexity index is 1540. The second-order valence-electron chi connectivity index (χ2n) is 7.67. The zero-order chi connectivity index (χ0) is 24.5. The molecule has 2 aromatic heterocycles. The molecule has 7 nitrogen and oxygen atoms in total. The van der Waals surface area contributed by atoms with Crippen LogP contribution in [0.1, 0.15) is 5.56 Å². The van der Waals surface area contributed by atoms with Gasteiger partial charge < -0.3 is 15.8 Å². The van der Waals surface area contributed by atoms with Crippen LogP contribution in [0.2, 0.25) is 0 Å². The maximum atomic E-state index is 14.8. The first-order chi connectivity index (χ1) is 16.9. The highest BCUT2D eigenvalue weighted by Gasteiger charge is 2.22.